The number of Topliss-reactive ketones (excluding diaryl/α,β-unsaturated/α-hetero) is 1. The Morgan fingerprint density at radius 3 is 2.73 bits per heavy atom. The van der Waals surface area contributed by atoms with Gasteiger partial charge < -0.3 is 5.32 Å². The van der Waals surface area contributed by atoms with E-state index in [1.54, 1.807) is 17.7 Å². The first-order valence-electron chi connectivity index (χ1n) is 8.59. The summed E-state index contributed by atoms with van der Waals surface area (Å²) >= 11 is 0. The van der Waals surface area contributed by atoms with E-state index in [0.29, 0.717) is 17.8 Å². The average Bonchev–Trinajstić information content (AvgIpc) is 3.01. The summed E-state index contributed by atoms with van der Waals surface area (Å²) in [6.45, 7) is 6.25. The Bertz CT molecular complexity index is 933. The Morgan fingerprint density at radius 1 is 1.23 bits per heavy atom. The molecule has 134 valence electrons. The lowest BCUT2D eigenvalue weighted by Crippen LogP contribution is -2.19. The van der Waals surface area contributed by atoms with Crippen molar-refractivity contribution in [2.45, 2.75) is 33.4 Å². The van der Waals surface area contributed by atoms with Crippen molar-refractivity contribution >= 4 is 5.78 Å². The molecule has 3 aromatic rings. The first-order chi connectivity index (χ1) is 12.5. The van der Waals surface area contributed by atoms with Gasteiger partial charge in [0, 0.05) is 29.4 Å². The van der Waals surface area contributed by atoms with Crippen LogP contribution in [0.4, 0.5) is 4.39 Å². The van der Waals surface area contributed by atoms with Crippen LogP contribution in [0.5, 0.6) is 0 Å². The lowest BCUT2D eigenvalue weighted by molar-refractivity contribution is 0.101. The summed E-state index contributed by atoms with van der Waals surface area (Å²) in [4.78, 5) is 11.5. The van der Waals surface area contributed by atoms with E-state index in [-0.39, 0.29) is 17.6 Å². The van der Waals surface area contributed by atoms with Crippen LogP contribution in [0.1, 0.15) is 47.1 Å². The first-order valence-corrected chi connectivity index (χ1v) is 8.59. The number of ketones is 1. The van der Waals surface area contributed by atoms with Crippen molar-refractivity contribution in [3.63, 3.8) is 0 Å². The summed E-state index contributed by atoms with van der Waals surface area (Å²) in [6, 6.07) is 14.1. The lowest BCUT2D eigenvalue weighted by Gasteiger charge is -2.14. The standard InChI is InChI=1S/C21H22FN3O/c1-14(23-12-17-6-4-7-18(10-17)16(3)26)21-13-24-25(15(21)2)20-9-5-8-19(22)11-20/h4-11,13-14,23H,12H2,1-3H3. The SMILES string of the molecule is CC(=O)c1cccc(CNC(C)c2cnn(-c3cccc(F)c3)c2C)c1. The van der Waals surface area contributed by atoms with Crippen LogP contribution >= 0.6 is 0 Å². The topological polar surface area (TPSA) is 46.9 Å². The highest BCUT2D eigenvalue weighted by Crippen LogP contribution is 2.21. The quantitative estimate of drug-likeness (QED) is 0.671. The van der Waals surface area contributed by atoms with E-state index in [1.807, 2.05) is 43.5 Å². The molecule has 2 aromatic carbocycles. The van der Waals surface area contributed by atoms with Crippen LogP contribution in [-0.4, -0.2) is 15.6 Å². The Hall–Kier alpha value is -2.79. The molecule has 0 saturated heterocycles. The molecule has 0 fully saturated rings. The molecule has 0 saturated carbocycles. The first kappa shape index (κ1) is 18.0. The second-order valence-electron chi connectivity index (χ2n) is 6.44. The van der Waals surface area contributed by atoms with Crippen LogP contribution in [0.2, 0.25) is 0 Å². The molecule has 0 aliphatic rings. The van der Waals surface area contributed by atoms with E-state index < -0.39 is 0 Å². The number of carbonyl (C=O) groups is 1. The summed E-state index contributed by atoms with van der Waals surface area (Å²) in [6.07, 6.45) is 1.81. The van der Waals surface area contributed by atoms with Gasteiger partial charge in [-0.05, 0) is 50.6 Å². The molecule has 1 atom stereocenters. The molecule has 0 aliphatic heterocycles. The third-order valence-electron chi connectivity index (χ3n) is 4.51. The zero-order valence-electron chi connectivity index (χ0n) is 15.2. The normalized spacial score (nSPS) is 12.2. The van der Waals surface area contributed by atoms with Gasteiger partial charge in [-0.3, -0.25) is 4.79 Å². The molecule has 3 rings (SSSR count). The Morgan fingerprint density at radius 2 is 2.00 bits per heavy atom. The number of rotatable bonds is 6. The minimum atomic E-state index is -0.282. The molecule has 1 aromatic heterocycles. The zero-order valence-corrected chi connectivity index (χ0v) is 15.2. The second kappa shape index (κ2) is 7.62. The van der Waals surface area contributed by atoms with Crippen molar-refractivity contribution in [2.75, 3.05) is 0 Å². The summed E-state index contributed by atoms with van der Waals surface area (Å²) in [7, 11) is 0. The molecule has 26 heavy (non-hydrogen) atoms. The zero-order chi connectivity index (χ0) is 18.7. The fourth-order valence-electron chi connectivity index (χ4n) is 3.00. The Labute approximate surface area is 152 Å². The highest BCUT2D eigenvalue weighted by molar-refractivity contribution is 5.94. The number of nitrogens with one attached hydrogen (secondary N) is 1. The van der Waals surface area contributed by atoms with E-state index in [2.05, 4.69) is 17.3 Å². The van der Waals surface area contributed by atoms with Gasteiger partial charge >= 0.3 is 0 Å². The summed E-state index contributed by atoms with van der Waals surface area (Å²) < 4.78 is 15.2. The molecule has 5 heteroatoms. The number of aromatic nitrogens is 2. The minimum Gasteiger partial charge on any atom is -0.306 e. The van der Waals surface area contributed by atoms with Gasteiger partial charge in [0.25, 0.3) is 0 Å². The highest BCUT2D eigenvalue weighted by Gasteiger charge is 2.14. The summed E-state index contributed by atoms with van der Waals surface area (Å²) in [5.74, 6) is -0.220. The Balaban J connectivity index is 1.74. The number of hydrogen-bond donors (Lipinski definition) is 1. The Kier molecular flexibility index (Phi) is 5.28. The van der Waals surface area contributed by atoms with Crippen molar-refractivity contribution in [1.29, 1.82) is 0 Å². The van der Waals surface area contributed by atoms with Crippen LogP contribution in [0.25, 0.3) is 5.69 Å². The van der Waals surface area contributed by atoms with Crippen LogP contribution in [0.15, 0.2) is 54.7 Å². The van der Waals surface area contributed by atoms with Crippen LogP contribution in [0.3, 0.4) is 0 Å². The van der Waals surface area contributed by atoms with E-state index in [9.17, 15) is 9.18 Å². The maximum absolute atomic E-state index is 13.5. The molecule has 0 amide bonds. The number of nitrogens with zero attached hydrogens (tertiary/aromatic N) is 2. The van der Waals surface area contributed by atoms with Gasteiger partial charge in [0.15, 0.2) is 5.78 Å². The van der Waals surface area contributed by atoms with Gasteiger partial charge in [-0.15, -0.1) is 0 Å². The molecular weight excluding hydrogens is 329 g/mol. The van der Waals surface area contributed by atoms with Crippen molar-refractivity contribution < 1.29 is 9.18 Å². The van der Waals surface area contributed by atoms with Gasteiger partial charge in [-0.2, -0.15) is 5.10 Å². The molecule has 0 radical (unpaired) electrons. The van der Waals surface area contributed by atoms with Crippen molar-refractivity contribution in [1.82, 2.24) is 15.1 Å². The fraction of sp³-hybridized carbons (Fsp3) is 0.238. The average molecular weight is 351 g/mol. The molecule has 1 heterocycles. The molecular formula is C21H22FN3O. The molecule has 0 bridgehead atoms. The van der Waals surface area contributed by atoms with Crippen molar-refractivity contribution in [3.8, 4) is 5.69 Å². The smallest absolute Gasteiger partial charge is 0.159 e. The number of halogens is 1. The van der Waals surface area contributed by atoms with Crippen LogP contribution < -0.4 is 5.32 Å². The van der Waals surface area contributed by atoms with Gasteiger partial charge in [0.1, 0.15) is 5.82 Å². The largest absolute Gasteiger partial charge is 0.306 e. The second-order valence-corrected chi connectivity index (χ2v) is 6.44. The van der Waals surface area contributed by atoms with Crippen molar-refractivity contribution in [2.24, 2.45) is 0 Å². The number of benzene rings is 2. The van der Waals surface area contributed by atoms with Gasteiger partial charge in [0.05, 0.1) is 11.9 Å². The van der Waals surface area contributed by atoms with Crippen LogP contribution in [0, 0.1) is 12.7 Å². The molecule has 0 aliphatic carbocycles. The maximum atomic E-state index is 13.5. The van der Waals surface area contributed by atoms with E-state index >= 15 is 0 Å². The minimum absolute atomic E-state index is 0.0621. The number of hydrogen-bond acceptors (Lipinski definition) is 3. The predicted molar refractivity (Wildman–Crippen MR) is 100.0 cm³/mol. The van der Waals surface area contributed by atoms with Gasteiger partial charge in [-0.1, -0.05) is 24.3 Å². The lowest BCUT2D eigenvalue weighted by atomic mass is 10.1. The predicted octanol–water partition coefficient (Wildman–Crippen LogP) is 4.37. The third kappa shape index (κ3) is 3.89. The number of carbonyl (C=O) groups excluding carboxylic acids is 1. The van der Waals surface area contributed by atoms with Gasteiger partial charge in [0.2, 0.25) is 0 Å². The summed E-state index contributed by atoms with van der Waals surface area (Å²) in [5, 5.41) is 7.87. The van der Waals surface area contributed by atoms with E-state index in [4.69, 9.17) is 0 Å². The molecule has 4 nitrogen and oxygen atoms in total. The van der Waals surface area contributed by atoms with Crippen LogP contribution in [-0.2, 0) is 6.54 Å². The van der Waals surface area contributed by atoms with Gasteiger partial charge in [-0.25, -0.2) is 9.07 Å². The van der Waals surface area contributed by atoms with E-state index in [1.165, 1.54) is 12.1 Å². The van der Waals surface area contributed by atoms with E-state index in [0.717, 1.165) is 16.8 Å². The maximum Gasteiger partial charge on any atom is 0.159 e. The third-order valence-corrected chi connectivity index (χ3v) is 4.51. The summed E-state index contributed by atoms with van der Waals surface area (Å²) in [5.41, 5.74) is 4.49. The highest BCUT2D eigenvalue weighted by atomic mass is 19.1. The molecule has 0 spiro atoms. The fourth-order valence-corrected chi connectivity index (χ4v) is 3.00. The monoisotopic (exact) mass is 351 g/mol. The molecule has 1 unspecified atom stereocenters. The van der Waals surface area contributed by atoms with Crippen molar-refractivity contribution in [3.05, 3.63) is 82.9 Å². The molecule has 1 N–H and O–H groups in total.